The third-order valence-corrected chi connectivity index (χ3v) is 2.22. The maximum absolute atomic E-state index is 5.44. The fraction of sp³-hybridized carbons (Fsp3) is 0.714. The molecule has 0 unspecified atom stereocenters. The number of nitrogens with zero attached hydrogens (tertiary/aromatic N) is 2. The SMILES string of the molecule is Cc1nc(SCCOCCCl)n[nH]1. The lowest BCUT2D eigenvalue weighted by Gasteiger charge is -1.98. The predicted octanol–water partition coefficient (Wildman–Crippen LogP) is 1.46. The number of aromatic nitrogens is 3. The van der Waals surface area contributed by atoms with E-state index in [2.05, 4.69) is 15.2 Å². The van der Waals surface area contributed by atoms with Crippen LogP contribution in [0.5, 0.6) is 0 Å². The summed E-state index contributed by atoms with van der Waals surface area (Å²) in [5.74, 6) is 2.24. The molecule has 0 atom stereocenters. The van der Waals surface area contributed by atoms with Gasteiger partial charge in [0, 0.05) is 11.6 Å². The van der Waals surface area contributed by atoms with Crippen molar-refractivity contribution in [2.45, 2.75) is 12.1 Å². The summed E-state index contributed by atoms with van der Waals surface area (Å²) in [7, 11) is 0. The summed E-state index contributed by atoms with van der Waals surface area (Å²) in [6.07, 6.45) is 0. The molecule has 0 aliphatic rings. The molecular formula is C7H12ClN3OS. The third-order valence-electron chi connectivity index (χ3n) is 1.26. The molecule has 0 aliphatic carbocycles. The third kappa shape index (κ3) is 4.50. The molecule has 0 amide bonds. The van der Waals surface area contributed by atoms with E-state index in [1.807, 2.05) is 6.92 Å². The average molecular weight is 222 g/mol. The van der Waals surface area contributed by atoms with Gasteiger partial charge in [-0.15, -0.1) is 16.7 Å². The van der Waals surface area contributed by atoms with Crippen molar-refractivity contribution in [1.82, 2.24) is 15.2 Å². The Morgan fingerprint density at radius 2 is 2.38 bits per heavy atom. The van der Waals surface area contributed by atoms with E-state index in [1.54, 1.807) is 11.8 Å². The van der Waals surface area contributed by atoms with E-state index in [-0.39, 0.29) is 0 Å². The maximum Gasteiger partial charge on any atom is 0.208 e. The number of aromatic amines is 1. The highest BCUT2D eigenvalue weighted by Gasteiger charge is 1.99. The lowest BCUT2D eigenvalue weighted by atomic mass is 10.8. The van der Waals surface area contributed by atoms with Crippen molar-refractivity contribution in [2.24, 2.45) is 0 Å². The predicted molar refractivity (Wildman–Crippen MR) is 53.4 cm³/mol. The van der Waals surface area contributed by atoms with Gasteiger partial charge in [-0.1, -0.05) is 11.8 Å². The number of H-pyrrole nitrogens is 1. The second kappa shape index (κ2) is 6.23. The minimum absolute atomic E-state index is 0.546. The van der Waals surface area contributed by atoms with Gasteiger partial charge in [0.1, 0.15) is 5.82 Å². The Labute approximate surface area is 86.4 Å². The van der Waals surface area contributed by atoms with Gasteiger partial charge in [0.25, 0.3) is 0 Å². The van der Waals surface area contributed by atoms with E-state index in [4.69, 9.17) is 16.3 Å². The van der Waals surface area contributed by atoms with E-state index < -0.39 is 0 Å². The second-order valence-corrected chi connectivity index (χ2v) is 3.79. The van der Waals surface area contributed by atoms with Crippen LogP contribution in [0, 0.1) is 6.92 Å². The number of alkyl halides is 1. The van der Waals surface area contributed by atoms with E-state index in [9.17, 15) is 0 Å². The van der Waals surface area contributed by atoms with Gasteiger partial charge in [-0.05, 0) is 6.92 Å². The Morgan fingerprint density at radius 3 is 3.00 bits per heavy atom. The van der Waals surface area contributed by atoms with Gasteiger partial charge in [0.2, 0.25) is 5.16 Å². The molecule has 0 saturated carbocycles. The summed E-state index contributed by atoms with van der Waals surface area (Å²) >= 11 is 7.01. The number of ether oxygens (including phenoxy) is 1. The van der Waals surface area contributed by atoms with E-state index in [1.165, 1.54) is 0 Å². The number of rotatable bonds is 6. The first kappa shape index (κ1) is 10.8. The van der Waals surface area contributed by atoms with Crippen LogP contribution in [0.4, 0.5) is 0 Å². The van der Waals surface area contributed by atoms with E-state index in [0.717, 1.165) is 16.7 Å². The smallest absolute Gasteiger partial charge is 0.208 e. The van der Waals surface area contributed by atoms with Crippen LogP contribution in [0.3, 0.4) is 0 Å². The molecule has 1 rings (SSSR count). The molecular weight excluding hydrogens is 210 g/mol. The van der Waals surface area contributed by atoms with Crippen LogP contribution in [0.2, 0.25) is 0 Å². The molecule has 1 aromatic heterocycles. The van der Waals surface area contributed by atoms with Crippen molar-refractivity contribution >= 4 is 23.4 Å². The monoisotopic (exact) mass is 221 g/mol. The summed E-state index contributed by atoms with van der Waals surface area (Å²) in [5, 5.41) is 7.53. The summed E-state index contributed by atoms with van der Waals surface area (Å²) in [5.41, 5.74) is 0. The zero-order chi connectivity index (χ0) is 9.52. The first-order valence-electron chi connectivity index (χ1n) is 3.98. The van der Waals surface area contributed by atoms with E-state index in [0.29, 0.717) is 19.1 Å². The largest absolute Gasteiger partial charge is 0.379 e. The Morgan fingerprint density at radius 1 is 1.54 bits per heavy atom. The lowest BCUT2D eigenvalue weighted by Crippen LogP contribution is -2.00. The average Bonchev–Trinajstić information content (AvgIpc) is 2.51. The number of nitrogens with one attached hydrogen (secondary N) is 1. The Bertz CT molecular complexity index is 243. The van der Waals surface area contributed by atoms with Crippen LogP contribution in [0.25, 0.3) is 0 Å². The molecule has 0 aliphatic heterocycles. The molecule has 0 bridgehead atoms. The summed E-state index contributed by atoms with van der Waals surface area (Å²) < 4.78 is 5.19. The molecule has 4 nitrogen and oxygen atoms in total. The van der Waals surface area contributed by atoms with Crippen LogP contribution >= 0.6 is 23.4 Å². The normalized spacial score (nSPS) is 10.6. The molecule has 6 heteroatoms. The maximum atomic E-state index is 5.44. The summed E-state index contributed by atoms with van der Waals surface area (Å²) in [6.45, 7) is 3.17. The first-order valence-corrected chi connectivity index (χ1v) is 5.50. The standard InChI is InChI=1S/C7H12ClN3OS/c1-6-9-7(11-10-6)13-5-4-12-3-2-8/h2-5H2,1H3,(H,9,10,11). The Kier molecular flexibility index (Phi) is 5.19. The molecule has 1 heterocycles. The summed E-state index contributed by atoms with van der Waals surface area (Å²) in [4.78, 5) is 4.14. The number of thioether (sulfide) groups is 1. The molecule has 74 valence electrons. The Hall–Kier alpha value is -0.260. The second-order valence-electron chi connectivity index (χ2n) is 2.35. The van der Waals surface area contributed by atoms with Gasteiger partial charge in [-0.25, -0.2) is 4.98 Å². The van der Waals surface area contributed by atoms with Gasteiger partial charge >= 0.3 is 0 Å². The first-order chi connectivity index (χ1) is 6.33. The van der Waals surface area contributed by atoms with Gasteiger partial charge in [0.05, 0.1) is 13.2 Å². The van der Waals surface area contributed by atoms with Crippen molar-refractivity contribution < 1.29 is 4.74 Å². The molecule has 1 N–H and O–H groups in total. The van der Waals surface area contributed by atoms with Crippen molar-refractivity contribution in [3.63, 3.8) is 0 Å². The van der Waals surface area contributed by atoms with Gasteiger partial charge in [0.15, 0.2) is 0 Å². The van der Waals surface area contributed by atoms with Crippen LogP contribution in [0.1, 0.15) is 5.82 Å². The highest BCUT2D eigenvalue weighted by atomic mass is 35.5. The molecule has 0 aromatic carbocycles. The molecule has 0 radical (unpaired) electrons. The van der Waals surface area contributed by atoms with E-state index >= 15 is 0 Å². The van der Waals surface area contributed by atoms with Crippen molar-refractivity contribution in [3.05, 3.63) is 5.82 Å². The number of halogens is 1. The van der Waals surface area contributed by atoms with Crippen LogP contribution in [-0.4, -0.2) is 40.0 Å². The molecule has 0 spiro atoms. The van der Waals surface area contributed by atoms with Crippen molar-refractivity contribution in [1.29, 1.82) is 0 Å². The van der Waals surface area contributed by atoms with Crippen LogP contribution in [-0.2, 0) is 4.74 Å². The van der Waals surface area contributed by atoms with Gasteiger partial charge in [-0.2, -0.15) is 0 Å². The van der Waals surface area contributed by atoms with Gasteiger partial charge in [-0.3, -0.25) is 5.10 Å². The fourth-order valence-corrected chi connectivity index (χ4v) is 1.54. The summed E-state index contributed by atoms with van der Waals surface area (Å²) in [6, 6.07) is 0. The number of aryl methyl sites for hydroxylation is 1. The minimum Gasteiger partial charge on any atom is -0.379 e. The quantitative estimate of drug-likeness (QED) is 0.449. The number of hydrogen-bond donors (Lipinski definition) is 1. The molecule has 1 aromatic rings. The Balaban J connectivity index is 2.06. The van der Waals surface area contributed by atoms with Crippen LogP contribution < -0.4 is 0 Å². The fourth-order valence-electron chi connectivity index (χ4n) is 0.735. The zero-order valence-corrected chi connectivity index (χ0v) is 8.99. The van der Waals surface area contributed by atoms with Crippen molar-refractivity contribution in [2.75, 3.05) is 24.8 Å². The topological polar surface area (TPSA) is 50.8 Å². The molecule has 0 saturated heterocycles. The molecule has 0 fully saturated rings. The van der Waals surface area contributed by atoms with Crippen molar-refractivity contribution in [3.8, 4) is 0 Å². The number of hydrogen-bond acceptors (Lipinski definition) is 4. The highest BCUT2D eigenvalue weighted by Crippen LogP contribution is 2.10. The van der Waals surface area contributed by atoms with Crippen LogP contribution in [0.15, 0.2) is 5.16 Å². The zero-order valence-electron chi connectivity index (χ0n) is 7.42. The lowest BCUT2D eigenvalue weighted by molar-refractivity contribution is 0.166. The minimum atomic E-state index is 0.546. The van der Waals surface area contributed by atoms with Gasteiger partial charge < -0.3 is 4.74 Å². The molecule has 13 heavy (non-hydrogen) atoms. The highest BCUT2D eigenvalue weighted by molar-refractivity contribution is 7.99.